The number of nitrogens with one attached hydrogen (secondary N) is 2. The average Bonchev–Trinajstić information content (AvgIpc) is 3.30. The van der Waals surface area contributed by atoms with Crippen LogP contribution in [0.15, 0.2) is 54.7 Å². The van der Waals surface area contributed by atoms with Gasteiger partial charge in [-0.2, -0.15) is 5.10 Å². The number of amides is 1. The SMILES string of the molecule is Cc1cc(C)n(-c2ccc(NC(=O)C3(c4ccccc4)CCNC3)cn2)n1. The fourth-order valence-corrected chi connectivity index (χ4v) is 3.72. The van der Waals surface area contributed by atoms with Crippen LogP contribution in [0.1, 0.15) is 23.4 Å². The van der Waals surface area contributed by atoms with Crippen LogP contribution in [0, 0.1) is 13.8 Å². The molecule has 1 aliphatic rings. The van der Waals surface area contributed by atoms with Gasteiger partial charge in [-0.3, -0.25) is 4.79 Å². The third-order valence-electron chi connectivity index (χ3n) is 5.15. The number of hydrogen-bond acceptors (Lipinski definition) is 4. The first-order valence-corrected chi connectivity index (χ1v) is 9.16. The van der Waals surface area contributed by atoms with Crippen molar-refractivity contribution < 1.29 is 4.79 Å². The van der Waals surface area contributed by atoms with Gasteiger partial charge in [0.15, 0.2) is 5.82 Å². The number of aromatic nitrogens is 3. The number of carbonyl (C=O) groups excluding carboxylic acids is 1. The van der Waals surface area contributed by atoms with E-state index in [1.54, 1.807) is 10.9 Å². The minimum Gasteiger partial charge on any atom is -0.324 e. The van der Waals surface area contributed by atoms with Gasteiger partial charge in [-0.15, -0.1) is 0 Å². The Morgan fingerprint density at radius 3 is 2.59 bits per heavy atom. The molecule has 2 aromatic heterocycles. The maximum atomic E-state index is 13.2. The topological polar surface area (TPSA) is 71.8 Å². The van der Waals surface area contributed by atoms with Crippen molar-refractivity contribution >= 4 is 11.6 Å². The van der Waals surface area contributed by atoms with Crippen LogP contribution in [-0.2, 0) is 10.2 Å². The van der Waals surface area contributed by atoms with E-state index < -0.39 is 5.41 Å². The fourth-order valence-electron chi connectivity index (χ4n) is 3.72. The van der Waals surface area contributed by atoms with Crippen molar-refractivity contribution in [3.05, 3.63) is 71.7 Å². The first-order valence-electron chi connectivity index (χ1n) is 9.16. The number of carbonyl (C=O) groups is 1. The molecule has 1 unspecified atom stereocenters. The summed E-state index contributed by atoms with van der Waals surface area (Å²) in [4.78, 5) is 17.6. The lowest BCUT2D eigenvalue weighted by atomic mass is 9.78. The Bertz CT molecular complexity index is 940. The van der Waals surface area contributed by atoms with Gasteiger partial charge < -0.3 is 10.6 Å². The van der Waals surface area contributed by atoms with E-state index in [2.05, 4.69) is 20.7 Å². The molecule has 0 bridgehead atoms. The number of anilines is 1. The van der Waals surface area contributed by atoms with Gasteiger partial charge in [-0.05, 0) is 50.6 Å². The van der Waals surface area contributed by atoms with E-state index in [0.717, 1.165) is 35.7 Å². The molecule has 3 heterocycles. The summed E-state index contributed by atoms with van der Waals surface area (Å²) in [6, 6.07) is 15.7. The van der Waals surface area contributed by atoms with Crippen LogP contribution in [0.2, 0.25) is 0 Å². The van der Waals surface area contributed by atoms with Crippen molar-refractivity contribution in [1.82, 2.24) is 20.1 Å². The van der Waals surface area contributed by atoms with E-state index in [9.17, 15) is 4.79 Å². The Hall–Kier alpha value is -2.99. The second-order valence-corrected chi connectivity index (χ2v) is 7.07. The summed E-state index contributed by atoms with van der Waals surface area (Å²) in [5.41, 5.74) is 3.16. The molecule has 1 fully saturated rings. The molecule has 138 valence electrons. The lowest BCUT2D eigenvalue weighted by molar-refractivity contribution is -0.121. The van der Waals surface area contributed by atoms with Crippen molar-refractivity contribution in [2.24, 2.45) is 0 Å². The largest absolute Gasteiger partial charge is 0.324 e. The Morgan fingerprint density at radius 1 is 1.19 bits per heavy atom. The van der Waals surface area contributed by atoms with Gasteiger partial charge in [0.05, 0.1) is 23.0 Å². The standard InChI is InChI=1S/C21H23N5O/c1-15-12-16(2)26(25-15)19-9-8-18(13-23-19)24-20(27)21(10-11-22-14-21)17-6-4-3-5-7-17/h3-9,12-13,22H,10-11,14H2,1-2H3,(H,24,27). The molecular formula is C21H23N5O. The molecule has 0 radical (unpaired) electrons. The van der Waals surface area contributed by atoms with Crippen LogP contribution >= 0.6 is 0 Å². The van der Waals surface area contributed by atoms with Gasteiger partial charge in [0.1, 0.15) is 0 Å². The van der Waals surface area contributed by atoms with Crippen LogP contribution in [0.25, 0.3) is 5.82 Å². The summed E-state index contributed by atoms with van der Waals surface area (Å²) >= 11 is 0. The van der Waals surface area contributed by atoms with Crippen LogP contribution in [0.4, 0.5) is 5.69 Å². The van der Waals surface area contributed by atoms with E-state index in [1.165, 1.54) is 0 Å². The van der Waals surface area contributed by atoms with Crippen molar-refractivity contribution in [1.29, 1.82) is 0 Å². The normalized spacial score (nSPS) is 19.2. The van der Waals surface area contributed by atoms with E-state index in [4.69, 9.17) is 0 Å². The molecule has 3 aromatic rings. The van der Waals surface area contributed by atoms with Gasteiger partial charge in [0.25, 0.3) is 0 Å². The van der Waals surface area contributed by atoms with Crippen LogP contribution in [0.5, 0.6) is 0 Å². The monoisotopic (exact) mass is 361 g/mol. The Labute approximate surface area is 158 Å². The highest BCUT2D eigenvalue weighted by atomic mass is 16.2. The van der Waals surface area contributed by atoms with Crippen molar-refractivity contribution in [2.45, 2.75) is 25.7 Å². The highest BCUT2D eigenvalue weighted by molar-refractivity contribution is 5.99. The summed E-state index contributed by atoms with van der Waals surface area (Å²) in [6.45, 7) is 5.42. The molecule has 1 amide bonds. The molecule has 6 heteroatoms. The lowest BCUT2D eigenvalue weighted by Crippen LogP contribution is -2.42. The molecule has 0 saturated carbocycles. The second kappa shape index (κ2) is 6.96. The number of benzene rings is 1. The molecule has 4 rings (SSSR count). The summed E-state index contributed by atoms with van der Waals surface area (Å²) < 4.78 is 1.80. The maximum absolute atomic E-state index is 13.2. The number of nitrogens with zero attached hydrogens (tertiary/aromatic N) is 3. The van der Waals surface area contributed by atoms with E-state index in [-0.39, 0.29) is 5.91 Å². The second-order valence-electron chi connectivity index (χ2n) is 7.07. The third kappa shape index (κ3) is 3.24. The predicted octanol–water partition coefficient (Wildman–Crippen LogP) is 2.75. The first kappa shape index (κ1) is 17.4. The summed E-state index contributed by atoms with van der Waals surface area (Å²) in [7, 11) is 0. The van der Waals surface area contributed by atoms with Crippen molar-refractivity contribution in [2.75, 3.05) is 18.4 Å². The Kier molecular flexibility index (Phi) is 4.49. The zero-order chi connectivity index (χ0) is 18.9. The Balaban J connectivity index is 1.56. The summed E-state index contributed by atoms with van der Waals surface area (Å²) in [5, 5.41) is 10.8. The molecule has 1 aromatic carbocycles. The van der Waals surface area contributed by atoms with Gasteiger partial charge in [0.2, 0.25) is 5.91 Å². The maximum Gasteiger partial charge on any atom is 0.236 e. The van der Waals surface area contributed by atoms with Crippen LogP contribution < -0.4 is 10.6 Å². The minimum atomic E-state index is -0.546. The molecule has 1 saturated heterocycles. The summed E-state index contributed by atoms with van der Waals surface area (Å²) in [5.74, 6) is 0.735. The fraction of sp³-hybridized carbons (Fsp3) is 0.286. The highest BCUT2D eigenvalue weighted by Crippen LogP contribution is 2.32. The molecule has 0 aliphatic carbocycles. The zero-order valence-corrected chi connectivity index (χ0v) is 15.6. The zero-order valence-electron chi connectivity index (χ0n) is 15.6. The third-order valence-corrected chi connectivity index (χ3v) is 5.15. The summed E-state index contributed by atoms with van der Waals surface area (Å²) in [6.07, 6.45) is 2.46. The van der Waals surface area contributed by atoms with E-state index in [1.807, 2.05) is 62.4 Å². The Morgan fingerprint density at radius 2 is 2.00 bits per heavy atom. The van der Waals surface area contributed by atoms with Crippen molar-refractivity contribution in [3.8, 4) is 5.82 Å². The molecule has 27 heavy (non-hydrogen) atoms. The molecule has 1 aliphatic heterocycles. The lowest BCUT2D eigenvalue weighted by Gasteiger charge is -2.27. The minimum absolute atomic E-state index is 0.000589. The molecule has 1 atom stereocenters. The number of rotatable bonds is 4. The molecule has 2 N–H and O–H groups in total. The van der Waals surface area contributed by atoms with Gasteiger partial charge in [-0.25, -0.2) is 9.67 Å². The quantitative estimate of drug-likeness (QED) is 0.750. The molecule has 6 nitrogen and oxygen atoms in total. The number of aryl methyl sites for hydroxylation is 2. The van der Waals surface area contributed by atoms with E-state index >= 15 is 0 Å². The van der Waals surface area contributed by atoms with Gasteiger partial charge in [0, 0.05) is 12.2 Å². The van der Waals surface area contributed by atoms with Crippen LogP contribution in [-0.4, -0.2) is 33.8 Å². The van der Waals surface area contributed by atoms with Gasteiger partial charge >= 0.3 is 0 Å². The van der Waals surface area contributed by atoms with Gasteiger partial charge in [-0.1, -0.05) is 30.3 Å². The molecule has 0 spiro atoms. The first-order chi connectivity index (χ1) is 13.1. The van der Waals surface area contributed by atoms with Crippen molar-refractivity contribution in [3.63, 3.8) is 0 Å². The number of hydrogen-bond donors (Lipinski definition) is 2. The average molecular weight is 361 g/mol. The highest BCUT2D eigenvalue weighted by Gasteiger charge is 2.42. The molecular weight excluding hydrogens is 338 g/mol. The predicted molar refractivity (Wildman–Crippen MR) is 105 cm³/mol. The van der Waals surface area contributed by atoms with Crippen LogP contribution in [0.3, 0.4) is 0 Å². The number of pyridine rings is 1. The van der Waals surface area contributed by atoms with E-state index in [0.29, 0.717) is 12.2 Å². The smallest absolute Gasteiger partial charge is 0.236 e.